The van der Waals surface area contributed by atoms with Gasteiger partial charge in [-0.1, -0.05) is 13.0 Å². The zero-order valence-electron chi connectivity index (χ0n) is 10.7. The summed E-state index contributed by atoms with van der Waals surface area (Å²) in [5.41, 5.74) is 0.931. The molecule has 0 bridgehead atoms. The van der Waals surface area contributed by atoms with Crippen molar-refractivity contribution in [3.8, 4) is 5.75 Å². The molecular weight excluding hydrogens is 329 g/mol. The van der Waals surface area contributed by atoms with Crippen LogP contribution in [0.5, 0.6) is 5.75 Å². The van der Waals surface area contributed by atoms with Crippen LogP contribution >= 0.6 is 27.3 Å². The van der Waals surface area contributed by atoms with Crippen molar-refractivity contribution in [1.29, 1.82) is 0 Å². The maximum atomic E-state index is 13.6. The highest BCUT2D eigenvalue weighted by molar-refractivity contribution is 9.10. The van der Waals surface area contributed by atoms with Crippen LogP contribution in [0.4, 0.5) is 4.39 Å². The molecule has 0 amide bonds. The Labute approximate surface area is 124 Å². The van der Waals surface area contributed by atoms with Gasteiger partial charge in [0.25, 0.3) is 0 Å². The van der Waals surface area contributed by atoms with E-state index in [-0.39, 0.29) is 11.9 Å². The van der Waals surface area contributed by atoms with Crippen LogP contribution in [0.15, 0.2) is 34.1 Å². The number of benzene rings is 1. The van der Waals surface area contributed by atoms with E-state index in [9.17, 15) is 4.39 Å². The molecular formula is C14H15BrFNOS. The highest BCUT2D eigenvalue weighted by Crippen LogP contribution is 2.35. The van der Waals surface area contributed by atoms with Crippen molar-refractivity contribution in [3.05, 3.63) is 50.4 Å². The molecule has 19 heavy (non-hydrogen) atoms. The number of ether oxygens (including phenoxy) is 1. The van der Waals surface area contributed by atoms with E-state index < -0.39 is 0 Å². The van der Waals surface area contributed by atoms with Crippen LogP contribution in [-0.2, 0) is 0 Å². The highest BCUT2D eigenvalue weighted by atomic mass is 79.9. The summed E-state index contributed by atoms with van der Waals surface area (Å²) >= 11 is 4.91. The third-order valence-electron chi connectivity index (χ3n) is 2.82. The first kappa shape index (κ1) is 14.5. The molecule has 0 saturated carbocycles. The van der Waals surface area contributed by atoms with Crippen molar-refractivity contribution in [2.45, 2.75) is 13.0 Å². The lowest BCUT2D eigenvalue weighted by molar-refractivity contribution is 0.400. The third-order valence-corrected chi connectivity index (χ3v) is 4.36. The topological polar surface area (TPSA) is 21.3 Å². The Morgan fingerprint density at radius 1 is 1.47 bits per heavy atom. The van der Waals surface area contributed by atoms with E-state index in [1.165, 1.54) is 10.9 Å². The first-order valence-electron chi connectivity index (χ1n) is 5.97. The van der Waals surface area contributed by atoms with Gasteiger partial charge in [0.15, 0.2) is 0 Å². The van der Waals surface area contributed by atoms with Crippen molar-refractivity contribution >= 4 is 27.3 Å². The summed E-state index contributed by atoms with van der Waals surface area (Å²) in [7, 11) is 1.56. The Bertz CT molecular complexity index is 545. The predicted molar refractivity (Wildman–Crippen MR) is 80.5 cm³/mol. The fraction of sp³-hybridized carbons (Fsp3) is 0.286. The molecule has 1 atom stereocenters. The Balaban J connectivity index is 2.50. The van der Waals surface area contributed by atoms with Gasteiger partial charge in [0.1, 0.15) is 11.6 Å². The quantitative estimate of drug-likeness (QED) is 0.870. The van der Waals surface area contributed by atoms with E-state index in [0.29, 0.717) is 10.2 Å². The summed E-state index contributed by atoms with van der Waals surface area (Å²) in [6.07, 6.45) is 0. The number of rotatable bonds is 5. The van der Waals surface area contributed by atoms with Gasteiger partial charge < -0.3 is 10.1 Å². The van der Waals surface area contributed by atoms with E-state index in [2.05, 4.69) is 27.3 Å². The highest BCUT2D eigenvalue weighted by Gasteiger charge is 2.20. The lowest BCUT2D eigenvalue weighted by Gasteiger charge is -2.20. The molecule has 0 radical (unpaired) electrons. The Morgan fingerprint density at radius 2 is 2.26 bits per heavy atom. The lowest BCUT2D eigenvalue weighted by Crippen LogP contribution is -2.21. The monoisotopic (exact) mass is 343 g/mol. The molecule has 2 aromatic rings. The van der Waals surface area contributed by atoms with Gasteiger partial charge in [-0.05, 0) is 40.0 Å². The molecule has 1 aromatic carbocycles. The smallest absolute Gasteiger partial charge is 0.141 e. The van der Waals surface area contributed by atoms with Gasteiger partial charge in [0, 0.05) is 16.5 Å². The summed E-state index contributed by atoms with van der Waals surface area (Å²) in [5, 5.41) is 5.44. The van der Waals surface area contributed by atoms with Crippen molar-refractivity contribution in [3.63, 3.8) is 0 Å². The third kappa shape index (κ3) is 3.16. The fourth-order valence-electron chi connectivity index (χ4n) is 1.97. The van der Waals surface area contributed by atoms with Gasteiger partial charge in [-0.25, -0.2) is 4.39 Å². The molecule has 0 aliphatic heterocycles. The molecule has 0 spiro atoms. The number of methoxy groups -OCH3 is 1. The molecule has 1 unspecified atom stereocenters. The minimum absolute atomic E-state index is 0.0110. The average molecular weight is 344 g/mol. The molecule has 1 N–H and O–H groups in total. The SMILES string of the molecule is CCNC(c1cccs1)c1cc(Br)c(F)cc1OC. The molecule has 1 aromatic heterocycles. The normalized spacial score (nSPS) is 12.4. The second-order valence-corrected chi connectivity index (χ2v) is 5.85. The molecule has 2 nitrogen and oxygen atoms in total. The first-order chi connectivity index (χ1) is 9.17. The van der Waals surface area contributed by atoms with Crippen LogP contribution in [0.3, 0.4) is 0 Å². The van der Waals surface area contributed by atoms with Gasteiger partial charge in [0.05, 0.1) is 17.6 Å². The number of hydrogen-bond acceptors (Lipinski definition) is 3. The second-order valence-electron chi connectivity index (χ2n) is 4.01. The lowest BCUT2D eigenvalue weighted by atomic mass is 10.0. The zero-order chi connectivity index (χ0) is 13.8. The van der Waals surface area contributed by atoms with Crippen LogP contribution in [-0.4, -0.2) is 13.7 Å². The first-order valence-corrected chi connectivity index (χ1v) is 7.64. The summed E-state index contributed by atoms with van der Waals surface area (Å²) in [4.78, 5) is 1.18. The molecule has 0 aliphatic carbocycles. The molecule has 102 valence electrons. The molecule has 0 saturated heterocycles. The summed E-state index contributed by atoms with van der Waals surface area (Å²) in [5.74, 6) is 0.238. The maximum absolute atomic E-state index is 13.6. The van der Waals surface area contributed by atoms with Gasteiger partial charge in [0.2, 0.25) is 0 Å². The van der Waals surface area contributed by atoms with Gasteiger partial charge in [-0.2, -0.15) is 0 Å². The van der Waals surface area contributed by atoms with Crippen LogP contribution in [0.25, 0.3) is 0 Å². The van der Waals surface area contributed by atoms with E-state index in [1.54, 1.807) is 24.5 Å². The zero-order valence-corrected chi connectivity index (χ0v) is 13.1. The molecule has 1 heterocycles. The summed E-state index contributed by atoms with van der Waals surface area (Å²) in [6, 6.07) is 7.28. The molecule has 5 heteroatoms. The predicted octanol–water partition coefficient (Wildman–Crippen LogP) is 4.36. The number of thiophene rings is 1. The number of nitrogens with one attached hydrogen (secondary N) is 1. The Hall–Kier alpha value is -0.910. The summed E-state index contributed by atoms with van der Waals surface area (Å²) in [6.45, 7) is 2.87. The molecule has 2 rings (SSSR count). The van der Waals surface area contributed by atoms with Crippen LogP contribution in [0.1, 0.15) is 23.4 Å². The Morgan fingerprint density at radius 3 is 2.84 bits per heavy atom. The second kappa shape index (κ2) is 6.50. The number of hydrogen-bond donors (Lipinski definition) is 1. The van der Waals surface area contributed by atoms with Crippen molar-refractivity contribution in [2.24, 2.45) is 0 Å². The van der Waals surface area contributed by atoms with Crippen molar-refractivity contribution < 1.29 is 9.13 Å². The minimum atomic E-state index is -0.318. The van der Waals surface area contributed by atoms with Gasteiger partial charge >= 0.3 is 0 Å². The fourth-order valence-corrected chi connectivity index (χ4v) is 3.15. The van der Waals surface area contributed by atoms with Gasteiger partial charge in [-0.3, -0.25) is 0 Å². The largest absolute Gasteiger partial charge is 0.496 e. The molecule has 0 fully saturated rings. The summed E-state index contributed by atoms with van der Waals surface area (Å²) < 4.78 is 19.4. The average Bonchev–Trinajstić information content (AvgIpc) is 2.92. The Kier molecular flexibility index (Phi) is 4.96. The van der Waals surface area contributed by atoms with Crippen molar-refractivity contribution in [2.75, 3.05) is 13.7 Å². The van der Waals surface area contributed by atoms with Crippen LogP contribution in [0, 0.1) is 5.82 Å². The van der Waals surface area contributed by atoms with Crippen LogP contribution < -0.4 is 10.1 Å². The maximum Gasteiger partial charge on any atom is 0.141 e. The van der Waals surface area contributed by atoms with E-state index in [0.717, 1.165) is 12.1 Å². The molecule has 0 aliphatic rings. The van der Waals surface area contributed by atoms with E-state index >= 15 is 0 Å². The standard InChI is InChI=1S/C14H15BrFNOS/c1-3-17-14(13-5-4-6-19-13)9-7-10(15)11(16)8-12(9)18-2/h4-8,14,17H,3H2,1-2H3. The van der Waals surface area contributed by atoms with Crippen molar-refractivity contribution in [1.82, 2.24) is 5.32 Å². The van der Waals surface area contributed by atoms with Crippen LogP contribution in [0.2, 0.25) is 0 Å². The van der Waals surface area contributed by atoms with E-state index in [1.807, 2.05) is 18.4 Å². The van der Waals surface area contributed by atoms with Gasteiger partial charge in [-0.15, -0.1) is 11.3 Å². The number of halogens is 2. The van der Waals surface area contributed by atoms with E-state index in [4.69, 9.17) is 4.74 Å². The minimum Gasteiger partial charge on any atom is -0.496 e.